The summed E-state index contributed by atoms with van der Waals surface area (Å²) in [6.07, 6.45) is -0.678. The molecule has 0 bridgehead atoms. The molecule has 1 atom stereocenters. The Hall–Kier alpha value is -2.61. The summed E-state index contributed by atoms with van der Waals surface area (Å²) >= 11 is 0. The van der Waals surface area contributed by atoms with Gasteiger partial charge in [0.25, 0.3) is 5.91 Å². The molecule has 25 heavy (non-hydrogen) atoms. The summed E-state index contributed by atoms with van der Waals surface area (Å²) in [6.45, 7) is 2.95. The van der Waals surface area contributed by atoms with Crippen molar-refractivity contribution >= 4 is 17.8 Å². The third-order valence-corrected chi connectivity index (χ3v) is 3.73. The summed E-state index contributed by atoms with van der Waals surface area (Å²) in [5.41, 5.74) is 0.364. The van der Waals surface area contributed by atoms with Crippen molar-refractivity contribution in [3.63, 3.8) is 0 Å². The van der Waals surface area contributed by atoms with Gasteiger partial charge in [0.05, 0.1) is 37.8 Å². The van der Waals surface area contributed by atoms with E-state index in [4.69, 9.17) is 14.6 Å². The normalized spacial score (nSPS) is 17.0. The van der Waals surface area contributed by atoms with Crippen LogP contribution in [0.4, 0.5) is 0 Å². The summed E-state index contributed by atoms with van der Waals surface area (Å²) in [4.78, 5) is 36.8. The molecule has 8 heteroatoms. The van der Waals surface area contributed by atoms with Gasteiger partial charge in [-0.15, -0.1) is 0 Å². The summed E-state index contributed by atoms with van der Waals surface area (Å²) in [7, 11) is 0. The zero-order valence-corrected chi connectivity index (χ0v) is 14.1. The van der Waals surface area contributed by atoms with Crippen molar-refractivity contribution in [2.24, 2.45) is 0 Å². The summed E-state index contributed by atoms with van der Waals surface area (Å²) < 4.78 is 10.7. The van der Waals surface area contributed by atoms with E-state index in [1.165, 1.54) is 4.90 Å². The molecule has 0 aromatic heterocycles. The van der Waals surface area contributed by atoms with Gasteiger partial charge in [0.15, 0.2) is 0 Å². The average molecular weight is 350 g/mol. The lowest BCUT2D eigenvalue weighted by atomic mass is 10.2. The fraction of sp³-hybridized carbons (Fsp3) is 0.471. The maximum atomic E-state index is 12.3. The van der Waals surface area contributed by atoms with Crippen LogP contribution in [0.15, 0.2) is 24.3 Å². The van der Waals surface area contributed by atoms with Crippen molar-refractivity contribution in [3.8, 4) is 5.75 Å². The topological polar surface area (TPSA) is 105 Å². The first-order valence-electron chi connectivity index (χ1n) is 8.12. The Labute approximate surface area is 145 Å². The average Bonchev–Trinajstić information content (AvgIpc) is 2.60. The van der Waals surface area contributed by atoms with Crippen molar-refractivity contribution in [2.75, 3.05) is 32.8 Å². The van der Waals surface area contributed by atoms with Gasteiger partial charge in [-0.2, -0.15) is 0 Å². The minimum Gasteiger partial charge on any atom is -0.493 e. The molecular formula is C17H22N2O6. The molecule has 0 radical (unpaired) electrons. The zero-order valence-electron chi connectivity index (χ0n) is 14.1. The van der Waals surface area contributed by atoms with Crippen LogP contribution in [0.1, 0.15) is 23.7 Å². The summed E-state index contributed by atoms with van der Waals surface area (Å²) in [5, 5.41) is 11.4. The Morgan fingerprint density at radius 3 is 2.84 bits per heavy atom. The van der Waals surface area contributed by atoms with Gasteiger partial charge in [0, 0.05) is 13.1 Å². The number of para-hydroxylation sites is 1. The van der Waals surface area contributed by atoms with Crippen LogP contribution in [0, 0.1) is 0 Å². The van der Waals surface area contributed by atoms with Gasteiger partial charge in [-0.3, -0.25) is 14.4 Å². The Balaban J connectivity index is 1.89. The number of rotatable bonds is 7. The summed E-state index contributed by atoms with van der Waals surface area (Å²) in [5.74, 6) is -1.18. The predicted octanol–water partition coefficient (Wildman–Crippen LogP) is 0.517. The van der Waals surface area contributed by atoms with Gasteiger partial charge in [0.1, 0.15) is 5.75 Å². The van der Waals surface area contributed by atoms with Crippen molar-refractivity contribution in [1.29, 1.82) is 0 Å². The highest BCUT2D eigenvalue weighted by Crippen LogP contribution is 2.17. The number of aliphatic carboxylic acids is 1. The minimum absolute atomic E-state index is 0.155. The number of carbonyl (C=O) groups excluding carboxylic acids is 2. The van der Waals surface area contributed by atoms with Gasteiger partial charge in [-0.1, -0.05) is 12.1 Å². The standard InChI is InChI=1S/C17H22N2O6/c1-2-24-14-6-4-3-5-13(14)17(23)18-10-15(20)19-7-8-25-12(11-19)9-16(21)22/h3-6,12H,2,7-11H2,1H3,(H,18,23)(H,21,22). The smallest absolute Gasteiger partial charge is 0.306 e. The van der Waals surface area contributed by atoms with Gasteiger partial charge < -0.3 is 24.8 Å². The van der Waals surface area contributed by atoms with E-state index in [-0.39, 0.29) is 32.0 Å². The number of hydrogen-bond donors (Lipinski definition) is 2. The van der Waals surface area contributed by atoms with Crippen LogP contribution < -0.4 is 10.1 Å². The second-order valence-corrected chi connectivity index (χ2v) is 5.54. The number of hydrogen-bond acceptors (Lipinski definition) is 5. The number of nitrogens with one attached hydrogen (secondary N) is 1. The second kappa shape index (κ2) is 9.03. The number of carboxylic acids is 1. The molecule has 8 nitrogen and oxygen atoms in total. The van der Waals surface area contributed by atoms with Crippen molar-refractivity contribution < 1.29 is 29.0 Å². The maximum absolute atomic E-state index is 12.3. The lowest BCUT2D eigenvalue weighted by Crippen LogP contribution is -2.49. The van der Waals surface area contributed by atoms with Crippen LogP contribution in [0.5, 0.6) is 5.75 Å². The molecule has 1 aliphatic rings. The van der Waals surface area contributed by atoms with E-state index in [1.807, 2.05) is 6.92 Å². The highest BCUT2D eigenvalue weighted by Gasteiger charge is 2.26. The molecule has 136 valence electrons. The number of morpholine rings is 1. The lowest BCUT2D eigenvalue weighted by molar-refractivity contribution is -0.147. The fourth-order valence-corrected chi connectivity index (χ4v) is 2.56. The Morgan fingerprint density at radius 1 is 1.36 bits per heavy atom. The van der Waals surface area contributed by atoms with Crippen LogP contribution in [-0.4, -0.2) is 66.7 Å². The highest BCUT2D eigenvalue weighted by molar-refractivity contribution is 5.98. The minimum atomic E-state index is -0.972. The van der Waals surface area contributed by atoms with E-state index in [9.17, 15) is 14.4 Å². The molecule has 1 fully saturated rings. The molecule has 2 amide bonds. The quantitative estimate of drug-likeness (QED) is 0.743. The number of ether oxygens (including phenoxy) is 2. The van der Waals surface area contributed by atoms with E-state index in [1.54, 1.807) is 24.3 Å². The van der Waals surface area contributed by atoms with Crippen LogP contribution >= 0.6 is 0 Å². The number of nitrogens with zero attached hydrogens (tertiary/aromatic N) is 1. The fourth-order valence-electron chi connectivity index (χ4n) is 2.56. The first-order valence-corrected chi connectivity index (χ1v) is 8.12. The zero-order chi connectivity index (χ0) is 18.2. The Kier molecular flexibility index (Phi) is 6.76. The van der Waals surface area contributed by atoms with Crippen LogP contribution in [0.25, 0.3) is 0 Å². The number of amides is 2. The lowest BCUT2D eigenvalue weighted by Gasteiger charge is -2.32. The van der Waals surface area contributed by atoms with Gasteiger partial charge in [0.2, 0.25) is 5.91 Å². The van der Waals surface area contributed by atoms with Crippen molar-refractivity contribution in [2.45, 2.75) is 19.4 Å². The highest BCUT2D eigenvalue weighted by atomic mass is 16.5. The molecule has 1 heterocycles. The Morgan fingerprint density at radius 2 is 2.12 bits per heavy atom. The molecule has 1 aliphatic heterocycles. The molecule has 1 aromatic carbocycles. The molecule has 1 unspecified atom stereocenters. The molecule has 2 N–H and O–H groups in total. The van der Waals surface area contributed by atoms with Crippen LogP contribution in [0.2, 0.25) is 0 Å². The van der Waals surface area contributed by atoms with E-state index in [2.05, 4.69) is 5.32 Å². The van der Waals surface area contributed by atoms with Gasteiger partial charge in [-0.25, -0.2) is 0 Å². The first kappa shape index (κ1) is 18.7. The largest absolute Gasteiger partial charge is 0.493 e. The molecule has 1 saturated heterocycles. The SMILES string of the molecule is CCOc1ccccc1C(=O)NCC(=O)N1CCOC(CC(=O)O)C1. The molecule has 0 saturated carbocycles. The van der Waals surface area contributed by atoms with Gasteiger partial charge >= 0.3 is 5.97 Å². The van der Waals surface area contributed by atoms with E-state index < -0.39 is 18.0 Å². The summed E-state index contributed by atoms with van der Waals surface area (Å²) in [6, 6.07) is 6.81. The van der Waals surface area contributed by atoms with E-state index >= 15 is 0 Å². The second-order valence-electron chi connectivity index (χ2n) is 5.54. The number of carbonyl (C=O) groups is 3. The molecule has 0 spiro atoms. The molecular weight excluding hydrogens is 328 g/mol. The molecule has 2 rings (SSSR count). The maximum Gasteiger partial charge on any atom is 0.306 e. The van der Waals surface area contributed by atoms with E-state index in [0.29, 0.717) is 24.5 Å². The molecule has 1 aromatic rings. The Bertz CT molecular complexity index is 633. The first-order chi connectivity index (χ1) is 12.0. The number of carboxylic acid groups (broad SMARTS) is 1. The predicted molar refractivity (Wildman–Crippen MR) is 88.5 cm³/mol. The van der Waals surface area contributed by atoms with Crippen LogP contribution in [-0.2, 0) is 14.3 Å². The van der Waals surface area contributed by atoms with Crippen molar-refractivity contribution in [3.05, 3.63) is 29.8 Å². The number of benzene rings is 1. The van der Waals surface area contributed by atoms with E-state index in [0.717, 1.165) is 0 Å². The molecule has 0 aliphatic carbocycles. The van der Waals surface area contributed by atoms with Gasteiger partial charge in [-0.05, 0) is 19.1 Å². The van der Waals surface area contributed by atoms with Crippen LogP contribution in [0.3, 0.4) is 0 Å². The monoisotopic (exact) mass is 350 g/mol. The van der Waals surface area contributed by atoms with Crippen molar-refractivity contribution in [1.82, 2.24) is 10.2 Å². The third-order valence-electron chi connectivity index (χ3n) is 3.73. The third kappa shape index (κ3) is 5.46.